The van der Waals surface area contributed by atoms with Crippen molar-refractivity contribution in [3.8, 4) is 0 Å². The van der Waals surface area contributed by atoms with Gasteiger partial charge < -0.3 is 4.43 Å². The zero-order valence-electron chi connectivity index (χ0n) is 8.82. The van der Waals surface area contributed by atoms with Crippen molar-refractivity contribution in [2.45, 2.75) is 45.3 Å². The molecule has 0 radical (unpaired) electrons. The van der Waals surface area contributed by atoms with E-state index in [1.54, 1.807) is 0 Å². The Morgan fingerprint density at radius 1 is 1.00 bits per heavy atom. The molecule has 11 heavy (non-hydrogen) atoms. The van der Waals surface area contributed by atoms with E-state index >= 15 is 0 Å². The van der Waals surface area contributed by atoms with Crippen molar-refractivity contribution in [2.24, 2.45) is 0 Å². The fourth-order valence-corrected chi connectivity index (χ4v) is 13.1. The van der Waals surface area contributed by atoms with E-state index in [1.807, 2.05) is 0 Å². The van der Waals surface area contributed by atoms with Gasteiger partial charge in [-0.1, -0.05) is 19.6 Å². The largest absolute Gasteiger partial charge is 0.418 e. The lowest BCUT2D eigenvalue weighted by Gasteiger charge is -2.28. The molecule has 3 heteroatoms. The minimum atomic E-state index is -1.28. The predicted octanol–water partition coefficient (Wildman–Crippen LogP) is 3.11. The summed E-state index contributed by atoms with van der Waals surface area (Å²) in [5, 5.41) is 0. The van der Waals surface area contributed by atoms with Crippen molar-refractivity contribution in [2.75, 3.05) is 6.61 Å². The molecule has 0 heterocycles. The quantitative estimate of drug-likeness (QED) is 0.619. The Bertz CT molecular complexity index is 116. The monoisotopic (exact) mass is 190 g/mol. The van der Waals surface area contributed by atoms with Crippen LogP contribution >= 0.6 is 0 Å². The van der Waals surface area contributed by atoms with Gasteiger partial charge in [0.25, 0.3) is 0 Å². The van der Waals surface area contributed by atoms with E-state index in [1.165, 1.54) is 5.67 Å². The molecule has 0 N–H and O–H groups in total. The van der Waals surface area contributed by atoms with E-state index < -0.39 is 16.4 Å². The van der Waals surface area contributed by atoms with Crippen molar-refractivity contribution >= 4 is 16.4 Å². The van der Waals surface area contributed by atoms with Crippen LogP contribution < -0.4 is 0 Å². The fourth-order valence-electron chi connectivity index (χ4n) is 1.72. The van der Waals surface area contributed by atoms with Crippen molar-refractivity contribution in [3.63, 3.8) is 0 Å². The van der Waals surface area contributed by atoms with Crippen LogP contribution in [-0.4, -0.2) is 23.0 Å². The van der Waals surface area contributed by atoms with Gasteiger partial charge in [-0.3, -0.25) is 0 Å². The van der Waals surface area contributed by atoms with E-state index in [-0.39, 0.29) is 0 Å². The normalized spacial score (nSPS) is 13.6. The second kappa shape index (κ2) is 3.87. The lowest BCUT2D eigenvalue weighted by atomic mass is 10.9. The summed E-state index contributed by atoms with van der Waals surface area (Å²) in [5.41, 5.74) is 1.38. The topological polar surface area (TPSA) is 9.23 Å². The van der Waals surface area contributed by atoms with Gasteiger partial charge in [-0.25, -0.2) is 0 Å². The van der Waals surface area contributed by atoms with Gasteiger partial charge in [-0.05, 0) is 25.7 Å². The number of hydrogen-bond acceptors (Lipinski definition) is 1. The highest BCUT2D eigenvalue weighted by Crippen LogP contribution is 2.19. The summed E-state index contributed by atoms with van der Waals surface area (Å²) >= 11 is 0. The van der Waals surface area contributed by atoms with Crippen molar-refractivity contribution in [1.29, 1.82) is 0 Å². The molecule has 68 valence electrons. The van der Waals surface area contributed by atoms with Crippen LogP contribution in [-0.2, 0) is 4.43 Å². The fraction of sp³-hybridized carbons (Fsp3) is 1.00. The van der Waals surface area contributed by atoms with Gasteiger partial charge in [0.15, 0.2) is 8.32 Å². The maximum absolute atomic E-state index is 5.78. The molecule has 0 unspecified atom stereocenters. The molecule has 0 aliphatic heterocycles. The Balaban J connectivity index is 3.91. The highest BCUT2D eigenvalue weighted by Gasteiger charge is 2.29. The molecule has 0 atom stereocenters. The minimum Gasteiger partial charge on any atom is -0.418 e. The standard InChI is InChI=1S/C8H22OSi2/c1-7-9-11(5,6)8-10(2,3)4/h7-8H2,1-6H3. The second-order valence-electron chi connectivity index (χ2n) is 4.93. The number of rotatable bonds is 4. The Kier molecular flexibility index (Phi) is 4.01. The summed E-state index contributed by atoms with van der Waals surface area (Å²) in [6.45, 7) is 14.9. The summed E-state index contributed by atoms with van der Waals surface area (Å²) in [4.78, 5) is 0. The molecule has 0 spiro atoms. The van der Waals surface area contributed by atoms with Gasteiger partial charge in [0.2, 0.25) is 0 Å². The third kappa shape index (κ3) is 6.78. The van der Waals surface area contributed by atoms with E-state index in [2.05, 4.69) is 39.7 Å². The average molecular weight is 190 g/mol. The van der Waals surface area contributed by atoms with Gasteiger partial charge in [-0.2, -0.15) is 0 Å². The van der Waals surface area contributed by atoms with Crippen LogP contribution in [0, 0.1) is 0 Å². The highest BCUT2D eigenvalue weighted by molar-refractivity contribution is 6.92. The SMILES string of the molecule is CCO[Si](C)(C)C[Si](C)(C)C. The van der Waals surface area contributed by atoms with Crippen LogP contribution in [0.3, 0.4) is 0 Å². The molecule has 1 nitrogen and oxygen atoms in total. The Hall–Kier alpha value is 0.394. The molecule has 0 bridgehead atoms. The Morgan fingerprint density at radius 2 is 1.45 bits per heavy atom. The van der Waals surface area contributed by atoms with Gasteiger partial charge >= 0.3 is 0 Å². The van der Waals surface area contributed by atoms with Crippen LogP contribution in [0.25, 0.3) is 0 Å². The third-order valence-electron chi connectivity index (χ3n) is 1.49. The van der Waals surface area contributed by atoms with Crippen molar-refractivity contribution in [1.82, 2.24) is 0 Å². The molecular formula is C8H22OSi2. The van der Waals surface area contributed by atoms with Crippen LogP contribution in [0.5, 0.6) is 0 Å². The Morgan fingerprint density at radius 3 is 1.73 bits per heavy atom. The van der Waals surface area contributed by atoms with Crippen LogP contribution in [0.15, 0.2) is 0 Å². The predicted molar refractivity (Wildman–Crippen MR) is 57.3 cm³/mol. The molecule has 0 aromatic carbocycles. The summed E-state index contributed by atoms with van der Waals surface area (Å²) < 4.78 is 5.78. The molecule has 0 aliphatic rings. The summed E-state index contributed by atoms with van der Waals surface area (Å²) in [6, 6.07) is 0. The lowest BCUT2D eigenvalue weighted by Crippen LogP contribution is -2.40. The van der Waals surface area contributed by atoms with Gasteiger partial charge in [0.05, 0.1) is 0 Å². The first kappa shape index (κ1) is 11.4. The van der Waals surface area contributed by atoms with Crippen LogP contribution in [0.4, 0.5) is 0 Å². The molecule has 0 aromatic rings. The zero-order chi connectivity index (χ0) is 9.12. The molecule has 0 fully saturated rings. The van der Waals surface area contributed by atoms with Gasteiger partial charge in [-0.15, -0.1) is 0 Å². The molecular weight excluding hydrogens is 168 g/mol. The van der Waals surface area contributed by atoms with Crippen molar-refractivity contribution < 1.29 is 4.43 Å². The molecule has 0 amide bonds. The molecule has 0 saturated heterocycles. The zero-order valence-corrected chi connectivity index (χ0v) is 10.8. The van der Waals surface area contributed by atoms with E-state index in [0.717, 1.165) is 6.61 Å². The van der Waals surface area contributed by atoms with Crippen LogP contribution in [0.1, 0.15) is 6.92 Å². The average Bonchev–Trinajstić information content (AvgIpc) is 1.55. The summed E-state index contributed by atoms with van der Waals surface area (Å²) in [7, 11) is -2.17. The van der Waals surface area contributed by atoms with Crippen LogP contribution in [0.2, 0.25) is 38.4 Å². The molecule has 0 aliphatic carbocycles. The van der Waals surface area contributed by atoms with E-state index in [4.69, 9.17) is 4.43 Å². The first-order chi connectivity index (χ1) is 4.77. The second-order valence-corrected chi connectivity index (χ2v) is 15.3. The van der Waals surface area contributed by atoms with Crippen molar-refractivity contribution in [3.05, 3.63) is 0 Å². The van der Waals surface area contributed by atoms with E-state index in [9.17, 15) is 0 Å². The van der Waals surface area contributed by atoms with Gasteiger partial charge in [0, 0.05) is 14.7 Å². The Labute approximate surface area is 73.3 Å². The van der Waals surface area contributed by atoms with Gasteiger partial charge in [0.1, 0.15) is 0 Å². The first-order valence-electron chi connectivity index (χ1n) is 4.41. The molecule has 0 aromatic heterocycles. The van der Waals surface area contributed by atoms with E-state index in [0.29, 0.717) is 0 Å². The summed E-state index contributed by atoms with van der Waals surface area (Å²) in [6.07, 6.45) is 0. The molecule has 0 rings (SSSR count). The highest BCUT2D eigenvalue weighted by atomic mass is 28.4. The molecule has 0 saturated carbocycles. The summed E-state index contributed by atoms with van der Waals surface area (Å²) in [5.74, 6) is 0. The first-order valence-corrected chi connectivity index (χ1v) is 11.2. The smallest absolute Gasteiger partial charge is 0.184 e. The minimum absolute atomic E-state index is 0.893. The maximum atomic E-state index is 5.78. The third-order valence-corrected chi connectivity index (χ3v) is 10.2. The maximum Gasteiger partial charge on any atom is 0.184 e. The lowest BCUT2D eigenvalue weighted by molar-refractivity contribution is 0.332. The number of hydrogen-bond donors (Lipinski definition) is 0.